The van der Waals surface area contributed by atoms with Crippen LogP contribution in [0.3, 0.4) is 0 Å². The van der Waals surface area contributed by atoms with Gasteiger partial charge in [0.25, 0.3) is 0 Å². The standard InChI is InChI=1S/C37H41N3/c1-26-11-9-10-12-33(26)28-15-13-27(14-16-28)25-39-35(30-19-23-32(24-20-30)37(5,6)7)40-34(38-8)29-17-21-31(22-18-29)36(2,3)4/h9-24H,8,25H2,1-7H3. The molecular formula is C37H41N3. The van der Waals surface area contributed by atoms with E-state index in [-0.39, 0.29) is 10.8 Å². The third-order valence-electron chi connectivity index (χ3n) is 7.20. The normalized spacial score (nSPS) is 12.9. The molecule has 4 aromatic rings. The Bertz CT molecular complexity index is 1510. The van der Waals surface area contributed by atoms with Crippen molar-refractivity contribution in [2.45, 2.75) is 65.8 Å². The molecule has 0 aromatic heterocycles. The van der Waals surface area contributed by atoms with Gasteiger partial charge in [-0.25, -0.2) is 9.98 Å². The van der Waals surface area contributed by atoms with Crippen molar-refractivity contribution in [1.29, 1.82) is 0 Å². The van der Waals surface area contributed by atoms with Gasteiger partial charge in [-0.1, -0.05) is 139 Å². The molecule has 0 saturated heterocycles. The maximum absolute atomic E-state index is 4.99. The molecule has 0 aliphatic rings. The minimum Gasteiger partial charge on any atom is -0.261 e. The van der Waals surface area contributed by atoms with Gasteiger partial charge >= 0.3 is 0 Å². The largest absolute Gasteiger partial charge is 0.261 e. The van der Waals surface area contributed by atoms with Crippen LogP contribution in [0.5, 0.6) is 0 Å². The monoisotopic (exact) mass is 527 g/mol. The number of aliphatic imine (C=N–C) groups is 3. The van der Waals surface area contributed by atoms with Gasteiger partial charge in [0.15, 0.2) is 11.7 Å². The van der Waals surface area contributed by atoms with Crippen LogP contribution < -0.4 is 0 Å². The van der Waals surface area contributed by atoms with Crippen molar-refractivity contribution in [3.05, 3.63) is 130 Å². The first kappa shape index (κ1) is 28.9. The van der Waals surface area contributed by atoms with Gasteiger partial charge in [-0.2, -0.15) is 0 Å². The first-order chi connectivity index (χ1) is 19.0. The molecule has 0 atom stereocenters. The van der Waals surface area contributed by atoms with Gasteiger partial charge in [0.1, 0.15) is 0 Å². The highest BCUT2D eigenvalue weighted by Crippen LogP contribution is 2.25. The summed E-state index contributed by atoms with van der Waals surface area (Å²) in [6.45, 7) is 19.8. The quantitative estimate of drug-likeness (QED) is 0.183. The van der Waals surface area contributed by atoms with Crippen molar-refractivity contribution >= 4 is 18.4 Å². The van der Waals surface area contributed by atoms with Gasteiger partial charge < -0.3 is 0 Å². The Hall–Kier alpha value is -4.11. The average molecular weight is 528 g/mol. The summed E-state index contributed by atoms with van der Waals surface area (Å²) in [7, 11) is 0. The Balaban J connectivity index is 1.69. The van der Waals surface area contributed by atoms with Crippen LogP contribution in [0.1, 0.15) is 74.9 Å². The lowest BCUT2D eigenvalue weighted by Gasteiger charge is -2.19. The number of benzene rings is 4. The summed E-state index contributed by atoms with van der Waals surface area (Å²) in [6.07, 6.45) is 0. The van der Waals surface area contributed by atoms with Crippen molar-refractivity contribution < 1.29 is 0 Å². The van der Waals surface area contributed by atoms with Crippen LogP contribution in [-0.4, -0.2) is 18.4 Å². The van der Waals surface area contributed by atoms with E-state index in [1.807, 2.05) is 0 Å². The number of hydrogen-bond donors (Lipinski definition) is 0. The van der Waals surface area contributed by atoms with Crippen LogP contribution in [0.25, 0.3) is 11.1 Å². The van der Waals surface area contributed by atoms with Crippen molar-refractivity contribution in [1.82, 2.24) is 0 Å². The lowest BCUT2D eigenvalue weighted by molar-refractivity contribution is 0.590. The molecule has 0 bridgehead atoms. The van der Waals surface area contributed by atoms with Crippen molar-refractivity contribution in [2.75, 3.05) is 0 Å². The van der Waals surface area contributed by atoms with E-state index < -0.39 is 0 Å². The zero-order valence-corrected chi connectivity index (χ0v) is 25.0. The minimum absolute atomic E-state index is 0.0700. The van der Waals surface area contributed by atoms with E-state index >= 15 is 0 Å². The molecule has 0 saturated carbocycles. The van der Waals surface area contributed by atoms with Gasteiger partial charge in [-0.3, -0.25) is 4.99 Å². The second-order valence-corrected chi connectivity index (χ2v) is 12.4. The molecule has 0 aliphatic heterocycles. The van der Waals surface area contributed by atoms with Gasteiger partial charge in [-0.15, -0.1) is 0 Å². The molecule has 4 rings (SSSR count). The van der Waals surface area contributed by atoms with Crippen molar-refractivity contribution in [3.63, 3.8) is 0 Å². The zero-order chi connectivity index (χ0) is 28.9. The fraction of sp³-hybridized carbons (Fsp3) is 0.270. The molecule has 204 valence electrons. The van der Waals surface area contributed by atoms with Crippen LogP contribution in [0.15, 0.2) is 112 Å². The number of hydrogen-bond acceptors (Lipinski definition) is 1. The van der Waals surface area contributed by atoms with Crippen LogP contribution >= 0.6 is 0 Å². The van der Waals surface area contributed by atoms with E-state index in [1.165, 1.54) is 27.8 Å². The summed E-state index contributed by atoms with van der Waals surface area (Å²) < 4.78 is 0. The maximum Gasteiger partial charge on any atom is 0.161 e. The van der Waals surface area contributed by atoms with Crippen molar-refractivity contribution in [2.24, 2.45) is 15.0 Å². The summed E-state index contributed by atoms with van der Waals surface area (Å²) in [4.78, 5) is 14.2. The summed E-state index contributed by atoms with van der Waals surface area (Å²) in [6, 6.07) is 34.0. The summed E-state index contributed by atoms with van der Waals surface area (Å²) in [5.74, 6) is 1.21. The fourth-order valence-corrected chi connectivity index (χ4v) is 4.57. The molecular weight excluding hydrogens is 486 g/mol. The smallest absolute Gasteiger partial charge is 0.161 e. The van der Waals surface area contributed by atoms with E-state index in [0.29, 0.717) is 18.2 Å². The number of nitrogens with zero attached hydrogens (tertiary/aromatic N) is 3. The second kappa shape index (κ2) is 12.0. The highest BCUT2D eigenvalue weighted by atomic mass is 15.0. The molecule has 0 spiro atoms. The molecule has 0 amide bonds. The van der Waals surface area contributed by atoms with Crippen LogP contribution in [0, 0.1) is 6.92 Å². The average Bonchev–Trinajstić information content (AvgIpc) is 2.93. The molecule has 4 aromatic carbocycles. The van der Waals surface area contributed by atoms with E-state index in [9.17, 15) is 0 Å². The highest BCUT2D eigenvalue weighted by molar-refractivity contribution is 6.12. The van der Waals surface area contributed by atoms with E-state index in [0.717, 1.165) is 16.7 Å². The van der Waals surface area contributed by atoms with Gasteiger partial charge in [0.05, 0.1) is 6.54 Å². The zero-order valence-electron chi connectivity index (χ0n) is 25.0. The Morgan fingerprint density at radius 2 is 1.12 bits per heavy atom. The number of aryl methyl sites for hydroxylation is 1. The molecule has 3 nitrogen and oxygen atoms in total. The highest BCUT2D eigenvalue weighted by Gasteiger charge is 2.16. The predicted octanol–water partition coefficient (Wildman–Crippen LogP) is 9.35. The van der Waals surface area contributed by atoms with Gasteiger partial charge in [0, 0.05) is 11.1 Å². The molecule has 3 heteroatoms. The van der Waals surface area contributed by atoms with Gasteiger partial charge in [0.2, 0.25) is 0 Å². The van der Waals surface area contributed by atoms with E-state index in [2.05, 4.69) is 157 Å². The maximum atomic E-state index is 4.99. The fourth-order valence-electron chi connectivity index (χ4n) is 4.57. The molecule has 0 radical (unpaired) electrons. The SMILES string of the molecule is C=NC(=NC(=NCc1ccc(-c2ccccc2C)cc1)c1ccc(C(C)(C)C)cc1)c1ccc(C(C)(C)C)cc1. The molecule has 0 N–H and O–H groups in total. The Morgan fingerprint density at radius 3 is 1.60 bits per heavy atom. The van der Waals surface area contributed by atoms with Gasteiger partial charge in [-0.05, 0) is 57.9 Å². The lowest BCUT2D eigenvalue weighted by atomic mass is 9.86. The third kappa shape index (κ3) is 7.09. The topological polar surface area (TPSA) is 37.1 Å². The van der Waals surface area contributed by atoms with E-state index in [1.54, 1.807) is 0 Å². The van der Waals surface area contributed by atoms with Crippen LogP contribution in [-0.2, 0) is 17.4 Å². The Morgan fingerprint density at radius 1 is 0.625 bits per heavy atom. The molecule has 40 heavy (non-hydrogen) atoms. The summed E-state index contributed by atoms with van der Waals surface area (Å²) >= 11 is 0. The molecule has 0 unspecified atom stereocenters. The lowest BCUT2D eigenvalue weighted by Crippen LogP contribution is -2.12. The van der Waals surface area contributed by atoms with Crippen LogP contribution in [0.4, 0.5) is 0 Å². The Kier molecular flexibility index (Phi) is 8.64. The predicted molar refractivity (Wildman–Crippen MR) is 173 cm³/mol. The minimum atomic E-state index is 0.0700. The number of amidine groups is 2. The molecule has 0 heterocycles. The molecule has 0 aliphatic carbocycles. The summed E-state index contributed by atoms with van der Waals surface area (Å²) in [5, 5.41) is 0. The first-order valence-corrected chi connectivity index (χ1v) is 13.9. The first-order valence-electron chi connectivity index (χ1n) is 13.9. The van der Waals surface area contributed by atoms with Crippen LogP contribution in [0.2, 0.25) is 0 Å². The van der Waals surface area contributed by atoms with E-state index in [4.69, 9.17) is 9.98 Å². The molecule has 0 fully saturated rings. The Labute approximate surface area is 240 Å². The second-order valence-electron chi connectivity index (χ2n) is 12.4. The number of rotatable bonds is 5. The third-order valence-corrected chi connectivity index (χ3v) is 7.20. The summed E-state index contributed by atoms with van der Waals surface area (Å²) in [5.41, 5.74) is 9.41. The van der Waals surface area contributed by atoms with Crippen molar-refractivity contribution in [3.8, 4) is 11.1 Å².